The summed E-state index contributed by atoms with van der Waals surface area (Å²) >= 11 is 0. The number of carboxylic acid groups (broad SMARTS) is 1. The third kappa shape index (κ3) is 5.84. The third-order valence-electron chi connectivity index (χ3n) is 4.34. The van der Waals surface area contributed by atoms with Crippen LogP contribution in [0.2, 0.25) is 0 Å². The average Bonchev–Trinajstić information content (AvgIpc) is 3.52. The fraction of sp³-hybridized carbons (Fsp3) is 0.286. The molecule has 0 bridgehead atoms. The van der Waals surface area contributed by atoms with Crippen molar-refractivity contribution in [2.75, 3.05) is 11.9 Å². The van der Waals surface area contributed by atoms with Gasteiger partial charge in [-0.15, -0.1) is 0 Å². The van der Waals surface area contributed by atoms with Crippen LogP contribution in [0.1, 0.15) is 18.4 Å². The van der Waals surface area contributed by atoms with Crippen molar-refractivity contribution in [1.29, 1.82) is 0 Å². The number of benzene rings is 2. The number of ether oxygens (including phenoxy) is 1. The van der Waals surface area contributed by atoms with Crippen LogP contribution in [0.25, 0.3) is 0 Å². The Balaban J connectivity index is 1.51. The Labute approximate surface area is 162 Å². The molecule has 2 amide bonds. The maximum Gasteiger partial charge on any atom is 0.326 e. The van der Waals surface area contributed by atoms with E-state index in [4.69, 9.17) is 4.74 Å². The number of aliphatic carboxylic acids is 1. The third-order valence-corrected chi connectivity index (χ3v) is 4.34. The number of anilines is 1. The second-order valence-corrected chi connectivity index (χ2v) is 6.73. The molecule has 1 saturated carbocycles. The highest BCUT2D eigenvalue weighted by Crippen LogP contribution is 2.30. The van der Waals surface area contributed by atoms with Crippen LogP contribution in [0.4, 0.5) is 5.69 Å². The van der Waals surface area contributed by atoms with Crippen molar-refractivity contribution in [3.05, 3.63) is 60.2 Å². The van der Waals surface area contributed by atoms with E-state index >= 15 is 0 Å². The van der Waals surface area contributed by atoms with Crippen LogP contribution in [0.3, 0.4) is 0 Å². The minimum absolute atomic E-state index is 0.0138. The predicted molar refractivity (Wildman–Crippen MR) is 103 cm³/mol. The standard InChI is InChI=1S/C21H22N2O5/c24-19(23-18(21(26)27)11-14-5-2-1-3-6-14)13-28-17-8-4-7-16(12-17)22-20(25)15-9-10-15/h1-8,12,15,18H,9-11,13H2,(H,22,25)(H,23,24)(H,26,27). The number of hydrogen-bond acceptors (Lipinski definition) is 4. The molecule has 1 atom stereocenters. The number of nitrogens with one attached hydrogen (secondary N) is 2. The van der Waals surface area contributed by atoms with E-state index in [0.29, 0.717) is 11.4 Å². The van der Waals surface area contributed by atoms with Gasteiger partial charge in [0, 0.05) is 24.1 Å². The maximum absolute atomic E-state index is 12.1. The zero-order chi connectivity index (χ0) is 19.9. The van der Waals surface area contributed by atoms with Crippen molar-refractivity contribution >= 4 is 23.5 Å². The van der Waals surface area contributed by atoms with Crippen LogP contribution in [-0.4, -0.2) is 35.5 Å². The summed E-state index contributed by atoms with van der Waals surface area (Å²) < 4.78 is 5.44. The number of carbonyl (C=O) groups is 3. The molecule has 1 aliphatic carbocycles. The maximum atomic E-state index is 12.1. The highest BCUT2D eigenvalue weighted by Gasteiger charge is 2.29. The Morgan fingerprint density at radius 2 is 1.82 bits per heavy atom. The summed E-state index contributed by atoms with van der Waals surface area (Å²) in [5, 5.41) is 14.6. The van der Waals surface area contributed by atoms with Crippen LogP contribution in [-0.2, 0) is 20.8 Å². The molecular weight excluding hydrogens is 360 g/mol. The largest absolute Gasteiger partial charge is 0.484 e. The monoisotopic (exact) mass is 382 g/mol. The predicted octanol–water partition coefficient (Wildman–Crippen LogP) is 2.23. The van der Waals surface area contributed by atoms with Crippen molar-refractivity contribution in [3.63, 3.8) is 0 Å². The first-order valence-corrected chi connectivity index (χ1v) is 9.11. The Morgan fingerprint density at radius 3 is 2.50 bits per heavy atom. The summed E-state index contributed by atoms with van der Waals surface area (Å²) in [6.45, 7) is -0.321. The van der Waals surface area contributed by atoms with Gasteiger partial charge in [0.05, 0.1) is 0 Å². The molecule has 28 heavy (non-hydrogen) atoms. The molecule has 0 heterocycles. The van der Waals surface area contributed by atoms with E-state index in [-0.39, 0.29) is 24.9 Å². The van der Waals surface area contributed by atoms with Crippen molar-refractivity contribution in [1.82, 2.24) is 5.32 Å². The lowest BCUT2D eigenvalue weighted by molar-refractivity contribution is -0.142. The molecular formula is C21H22N2O5. The molecule has 2 aromatic rings. The fourth-order valence-corrected chi connectivity index (χ4v) is 2.69. The van der Waals surface area contributed by atoms with Crippen LogP contribution >= 0.6 is 0 Å². The van der Waals surface area contributed by atoms with Crippen LogP contribution < -0.4 is 15.4 Å². The van der Waals surface area contributed by atoms with Gasteiger partial charge in [0.2, 0.25) is 5.91 Å². The van der Waals surface area contributed by atoms with Gasteiger partial charge in [0.1, 0.15) is 11.8 Å². The quantitative estimate of drug-likeness (QED) is 0.617. The van der Waals surface area contributed by atoms with Gasteiger partial charge in [0.25, 0.3) is 5.91 Å². The summed E-state index contributed by atoms with van der Waals surface area (Å²) in [6, 6.07) is 14.8. The number of amides is 2. The topological polar surface area (TPSA) is 105 Å². The number of carbonyl (C=O) groups excluding carboxylic acids is 2. The van der Waals surface area contributed by atoms with Crippen molar-refractivity contribution in [2.45, 2.75) is 25.3 Å². The van der Waals surface area contributed by atoms with Crippen molar-refractivity contribution in [2.24, 2.45) is 5.92 Å². The van der Waals surface area contributed by atoms with E-state index in [1.807, 2.05) is 18.2 Å². The minimum atomic E-state index is -1.11. The molecule has 3 rings (SSSR count). The zero-order valence-corrected chi connectivity index (χ0v) is 15.3. The SMILES string of the molecule is O=C(COc1cccc(NC(=O)C2CC2)c1)NC(Cc1ccccc1)C(=O)O. The minimum Gasteiger partial charge on any atom is -0.484 e. The smallest absolute Gasteiger partial charge is 0.326 e. The molecule has 2 aromatic carbocycles. The van der Waals surface area contributed by atoms with Gasteiger partial charge >= 0.3 is 5.97 Å². The number of carboxylic acids is 1. The number of rotatable bonds is 9. The first-order chi connectivity index (χ1) is 13.5. The van der Waals surface area contributed by atoms with Gasteiger partial charge in [-0.2, -0.15) is 0 Å². The van der Waals surface area contributed by atoms with Crippen LogP contribution in [0.15, 0.2) is 54.6 Å². The molecule has 7 heteroatoms. The average molecular weight is 382 g/mol. The van der Waals surface area contributed by atoms with E-state index in [0.717, 1.165) is 18.4 Å². The summed E-state index contributed by atoms with van der Waals surface area (Å²) in [7, 11) is 0. The first-order valence-electron chi connectivity index (χ1n) is 9.11. The van der Waals surface area contributed by atoms with Crippen molar-refractivity contribution < 1.29 is 24.2 Å². The van der Waals surface area contributed by atoms with Gasteiger partial charge in [-0.1, -0.05) is 36.4 Å². The first kappa shape index (κ1) is 19.4. The van der Waals surface area contributed by atoms with E-state index in [1.165, 1.54) is 0 Å². The van der Waals surface area contributed by atoms with E-state index in [2.05, 4.69) is 10.6 Å². The Hall–Kier alpha value is -3.35. The summed E-state index contributed by atoms with van der Waals surface area (Å²) in [6.07, 6.45) is 2.01. The molecule has 3 N–H and O–H groups in total. The molecule has 0 aliphatic heterocycles. The molecule has 0 aromatic heterocycles. The normalized spacial score (nSPS) is 14.0. The van der Waals surface area contributed by atoms with Gasteiger partial charge in [-0.3, -0.25) is 9.59 Å². The highest BCUT2D eigenvalue weighted by molar-refractivity contribution is 5.94. The second kappa shape index (κ2) is 9.03. The highest BCUT2D eigenvalue weighted by atomic mass is 16.5. The lowest BCUT2D eigenvalue weighted by Gasteiger charge is -2.15. The van der Waals surface area contributed by atoms with Gasteiger partial charge in [0.15, 0.2) is 6.61 Å². The summed E-state index contributed by atoms with van der Waals surface area (Å²) in [5.41, 5.74) is 1.41. The van der Waals surface area contributed by atoms with Gasteiger partial charge < -0.3 is 20.5 Å². The molecule has 146 valence electrons. The lowest BCUT2D eigenvalue weighted by Crippen LogP contribution is -2.44. The fourth-order valence-electron chi connectivity index (χ4n) is 2.69. The molecule has 0 saturated heterocycles. The second-order valence-electron chi connectivity index (χ2n) is 6.73. The molecule has 1 unspecified atom stereocenters. The van der Waals surface area contributed by atoms with E-state index in [1.54, 1.807) is 36.4 Å². The van der Waals surface area contributed by atoms with Gasteiger partial charge in [-0.25, -0.2) is 4.79 Å². The van der Waals surface area contributed by atoms with Gasteiger partial charge in [-0.05, 0) is 30.5 Å². The molecule has 0 spiro atoms. The van der Waals surface area contributed by atoms with E-state index in [9.17, 15) is 19.5 Å². The molecule has 1 aliphatic rings. The van der Waals surface area contributed by atoms with E-state index < -0.39 is 17.9 Å². The zero-order valence-electron chi connectivity index (χ0n) is 15.3. The molecule has 1 fully saturated rings. The Morgan fingerprint density at radius 1 is 1.07 bits per heavy atom. The van der Waals surface area contributed by atoms with Crippen LogP contribution in [0, 0.1) is 5.92 Å². The Kier molecular flexibility index (Phi) is 6.26. The summed E-state index contributed by atoms with van der Waals surface area (Å²) in [4.78, 5) is 35.4. The van der Waals surface area contributed by atoms with Crippen molar-refractivity contribution in [3.8, 4) is 5.75 Å². The lowest BCUT2D eigenvalue weighted by atomic mass is 10.1. The number of hydrogen-bond donors (Lipinski definition) is 3. The summed E-state index contributed by atoms with van der Waals surface area (Å²) in [5.74, 6) is -1.15. The Bertz CT molecular complexity index is 849. The van der Waals surface area contributed by atoms with Crippen LogP contribution in [0.5, 0.6) is 5.75 Å². The molecule has 7 nitrogen and oxygen atoms in total. The molecule has 0 radical (unpaired) electrons.